The average molecular weight is 405 g/mol. The molecule has 1 heterocycles. The molecule has 1 aromatic heterocycles. The van der Waals surface area contributed by atoms with Crippen LogP contribution in [0.3, 0.4) is 0 Å². The molecule has 0 bridgehead atoms. The Labute approximate surface area is 177 Å². The topological polar surface area (TPSA) is 64.4 Å². The van der Waals surface area contributed by atoms with Crippen LogP contribution in [0.25, 0.3) is 11.4 Å². The van der Waals surface area contributed by atoms with Crippen LogP contribution in [0.5, 0.6) is 5.75 Å². The number of imidazole rings is 1. The van der Waals surface area contributed by atoms with Crippen molar-refractivity contribution in [2.24, 2.45) is 0 Å². The first kappa shape index (κ1) is 21.4. The molecular weight excluding hydrogens is 376 g/mol. The molecule has 0 atom stereocenters. The van der Waals surface area contributed by atoms with Gasteiger partial charge in [-0.1, -0.05) is 53.6 Å². The molecule has 0 spiro atoms. The molecule has 0 amide bonds. The molecule has 0 unspecified atom stereocenters. The normalized spacial score (nSPS) is 11.5. The standard InChI is InChI=1S/C25H28N2O3/c1-18-8-11-21(12-9-18)25-26-16-20(3)27(25)17-22-6-4-5-7-23(22)30-15-14-19(2)10-13-24(28)29/h4-9,11-12,14,16H,10,13,15,17H2,1-3H3,(H,28,29)/b19-14+. The number of aryl methyl sites for hydroxylation is 2. The molecule has 0 fully saturated rings. The van der Waals surface area contributed by atoms with Crippen molar-refractivity contribution in [3.05, 3.63) is 83.2 Å². The zero-order chi connectivity index (χ0) is 21.5. The van der Waals surface area contributed by atoms with E-state index in [4.69, 9.17) is 9.84 Å². The zero-order valence-corrected chi connectivity index (χ0v) is 17.8. The number of aromatic nitrogens is 2. The minimum absolute atomic E-state index is 0.139. The van der Waals surface area contributed by atoms with Crippen LogP contribution >= 0.6 is 0 Å². The summed E-state index contributed by atoms with van der Waals surface area (Å²) in [6.45, 7) is 7.14. The molecular formula is C25H28N2O3. The molecule has 5 heteroatoms. The second-order valence-corrected chi connectivity index (χ2v) is 7.54. The average Bonchev–Trinajstić information content (AvgIpc) is 3.08. The Balaban J connectivity index is 1.76. The Bertz CT molecular complexity index is 1030. The number of ether oxygens (including phenoxy) is 1. The van der Waals surface area contributed by atoms with Gasteiger partial charge in [-0.05, 0) is 39.3 Å². The van der Waals surface area contributed by atoms with E-state index >= 15 is 0 Å². The zero-order valence-electron chi connectivity index (χ0n) is 17.8. The van der Waals surface area contributed by atoms with Gasteiger partial charge in [0.15, 0.2) is 0 Å². The summed E-state index contributed by atoms with van der Waals surface area (Å²) in [5, 5.41) is 8.80. The van der Waals surface area contributed by atoms with Crippen LogP contribution in [-0.2, 0) is 11.3 Å². The number of para-hydroxylation sites is 1. The van der Waals surface area contributed by atoms with E-state index in [1.807, 2.05) is 37.4 Å². The molecule has 5 nitrogen and oxygen atoms in total. The van der Waals surface area contributed by atoms with Crippen molar-refractivity contribution in [3.8, 4) is 17.1 Å². The molecule has 0 saturated heterocycles. The number of benzene rings is 2. The van der Waals surface area contributed by atoms with Crippen molar-refractivity contribution >= 4 is 5.97 Å². The van der Waals surface area contributed by atoms with Gasteiger partial charge in [0.1, 0.15) is 18.2 Å². The third-order valence-corrected chi connectivity index (χ3v) is 5.07. The first-order valence-electron chi connectivity index (χ1n) is 10.1. The van der Waals surface area contributed by atoms with Gasteiger partial charge < -0.3 is 14.4 Å². The lowest BCUT2D eigenvalue weighted by Crippen LogP contribution is -2.07. The van der Waals surface area contributed by atoms with Crippen LogP contribution in [0.1, 0.15) is 36.6 Å². The minimum atomic E-state index is -0.783. The van der Waals surface area contributed by atoms with E-state index < -0.39 is 5.97 Å². The Morgan fingerprint density at radius 3 is 2.57 bits per heavy atom. The van der Waals surface area contributed by atoms with E-state index in [0.717, 1.165) is 34.0 Å². The van der Waals surface area contributed by atoms with Gasteiger partial charge in [-0.15, -0.1) is 0 Å². The molecule has 156 valence electrons. The molecule has 3 rings (SSSR count). The largest absolute Gasteiger partial charge is 0.489 e. The predicted octanol–water partition coefficient (Wildman–Crippen LogP) is 5.41. The highest BCUT2D eigenvalue weighted by Crippen LogP contribution is 2.25. The van der Waals surface area contributed by atoms with E-state index in [9.17, 15) is 4.79 Å². The second-order valence-electron chi connectivity index (χ2n) is 7.54. The first-order chi connectivity index (χ1) is 14.4. The highest BCUT2D eigenvalue weighted by molar-refractivity contribution is 5.67. The molecule has 2 aromatic carbocycles. The SMILES string of the molecule is C/C(=C\COc1ccccc1Cn1c(C)cnc1-c1ccc(C)cc1)CCC(=O)O. The van der Waals surface area contributed by atoms with E-state index in [0.29, 0.717) is 19.6 Å². The summed E-state index contributed by atoms with van der Waals surface area (Å²) >= 11 is 0. The summed E-state index contributed by atoms with van der Waals surface area (Å²) in [7, 11) is 0. The van der Waals surface area contributed by atoms with Crippen molar-refractivity contribution < 1.29 is 14.6 Å². The Morgan fingerprint density at radius 1 is 1.10 bits per heavy atom. The number of carboxylic acids is 1. The molecule has 0 saturated carbocycles. The molecule has 30 heavy (non-hydrogen) atoms. The van der Waals surface area contributed by atoms with Crippen molar-refractivity contribution in [1.82, 2.24) is 9.55 Å². The fourth-order valence-corrected chi connectivity index (χ4v) is 3.22. The Morgan fingerprint density at radius 2 is 1.83 bits per heavy atom. The van der Waals surface area contributed by atoms with E-state index in [2.05, 4.69) is 53.7 Å². The molecule has 0 aliphatic carbocycles. The summed E-state index contributed by atoms with van der Waals surface area (Å²) in [5.74, 6) is 0.976. The number of aliphatic carboxylic acids is 1. The number of nitrogens with zero attached hydrogens (tertiary/aromatic N) is 2. The van der Waals surface area contributed by atoms with E-state index in [-0.39, 0.29) is 6.42 Å². The molecule has 0 radical (unpaired) electrons. The van der Waals surface area contributed by atoms with Crippen molar-refractivity contribution in [1.29, 1.82) is 0 Å². The number of allylic oxidation sites excluding steroid dienone is 1. The Hall–Kier alpha value is -3.34. The van der Waals surface area contributed by atoms with Gasteiger partial charge in [-0.3, -0.25) is 4.79 Å². The predicted molar refractivity (Wildman–Crippen MR) is 119 cm³/mol. The second kappa shape index (κ2) is 9.92. The summed E-state index contributed by atoms with van der Waals surface area (Å²) in [6, 6.07) is 16.4. The van der Waals surface area contributed by atoms with Crippen molar-refractivity contribution in [2.45, 2.75) is 40.2 Å². The van der Waals surface area contributed by atoms with E-state index in [1.165, 1.54) is 5.56 Å². The number of rotatable bonds is 9. The van der Waals surface area contributed by atoms with Crippen LogP contribution < -0.4 is 4.74 Å². The quantitative estimate of drug-likeness (QED) is 0.485. The van der Waals surface area contributed by atoms with Crippen LogP contribution in [-0.4, -0.2) is 27.2 Å². The van der Waals surface area contributed by atoms with Gasteiger partial charge in [0.2, 0.25) is 0 Å². The highest BCUT2D eigenvalue weighted by atomic mass is 16.5. The molecule has 3 aromatic rings. The minimum Gasteiger partial charge on any atom is -0.489 e. The van der Waals surface area contributed by atoms with Gasteiger partial charge in [-0.2, -0.15) is 0 Å². The van der Waals surface area contributed by atoms with E-state index in [1.54, 1.807) is 0 Å². The van der Waals surface area contributed by atoms with Gasteiger partial charge in [-0.25, -0.2) is 4.98 Å². The lowest BCUT2D eigenvalue weighted by Gasteiger charge is -2.14. The van der Waals surface area contributed by atoms with Crippen LogP contribution in [0.2, 0.25) is 0 Å². The summed E-state index contributed by atoms with van der Waals surface area (Å²) < 4.78 is 8.20. The van der Waals surface area contributed by atoms with Gasteiger partial charge >= 0.3 is 5.97 Å². The maximum Gasteiger partial charge on any atom is 0.303 e. The van der Waals surface area contributed by atoms with Crippen molar-refractivity contribution in [3.63, 3.8) is 0 Å². The lowest BCUT2D eigenvalue weighted by atomic mass is 10.1. The van der Waals surface area contributed by atoms with Gasteiger partial charge in [0.05, 0.1) is 6.54 Å². The van der Waals surface area contributed by atoms with Crippen molar-refractivity contribution in [2.75, 3.05) is 6.61 Å². The maximum atomic E-state index is 10.7. The third kappa shape index (κ3) is 5.60. The lowest BCUT2D eigenvalue weighted by molar-refractivity contribution is -0.136. The molecule has 0 aliphatic rings. The van der Waals surface area contributed by atoms with Gasteiger partial charge in [0.25, 0.3) is 0 Å². The maximum absolute atomic E-state index is 10.7. The van der Waals surface area contributed by atoms with Crippen LogP contribution in [0, 0.1) is 13.8 Å². The van der Waals surface area contributed by atoms with Crippen LogP contribution in [0.15, 0.2) is 66.4 Å². The number of carbonyl (C=O) groups is 1. The first-order valence-corrected chi connectivity index (χ1v) is 10.1. The third-order valence-electron chi connectivity index (χ3n) is 5.07. The number of hydrogen-bond acceptors (Lipinski definition) is 3. The monoisotopic (exact) mass is 404 g/mol. The van der Waals surface area contributed by atoms with Crippen LogP contribution in [0.4, 0.5) is 0 Å². The number of carboxylic acid groups (broad SMARTS) is 1. The fourth-order valence-electron chi connectivity index (χ4n) is 3.22. The fraction of sp³-hybridized carbons (Fsp3) is 0.280. The molecule has 0 aliphatic heterocycles. The molecule has 1 N–H and O–H groups in total. The summed E-state index contributed by atoms with van der Waals surface area (Å²) in [4.78, 5) is 15.3. The summed E-state index contributed by atoms with van der Waals surface area (Å²) in [5.41, 5.74) is 5.48. The highest BCUT2D eigenvalue weighted by Gasteiger charge is 2.12. The number of hydrogen-bond donors (Lipinski definition) is 1. The summed E-state index contributed by atoms with van der Waals surface area (Å²) in [6.07, 6.45) is 4.52. The smallest absolute Gasteiger partial charge is 0.303 e. The van der Waals surface area contributed by atoms with Gasteiger partial charge in [0, 0.05) is 29.4 Å². The Kier molecular flexibility index (Phi) is 7.07.